The molecule has 11 nitrogen and oxygen atoms in total. The fraction of sp³-hybridized carbons (Fsp3) is 0.491. The Labute approximate surface area is 388 Å². The van der Waals surface area contributed by atoms with Crippen molar-refractivity contribution in [2.45, 2.75) is 65.5 Å². The molecule has 2 fully saturated rings. The van der Waals surface area contributed by atoms with Crippen molar-refractivity contribution in [2.24, 2.45) is 23.7 Å². The van der Waals surface area contributed by atoms with Gasteiger partial charge in [0.1, 0.15) is 28.9 Å². The number of aromatic hydroxyl groups is 2. The molecule has 3 unspecified atom stereocenters. The van der Waals surface area contributed by atoms with E-state index in [2.05, 4.69) is 19.6 Å². The number of rotatable bonds is 20. The second kappa shape index (κ2) is 22.7. The minimum atomic E-state index is -0.921. The zero-order valence-corrected chi connectivity index (χ0v) is 39.2. The molecule has 4 aromatic carbocycles. The highest BCUT2D eigenvalue weighted by Crippen LogP contribution is 2.48. The van der Waals surface area contributed by atoms with E-state index in [1.54, 1.807) is 62.4 Å². The number of halogens is 2. The lowest BCUT2D eigenvalue weighted by Crippen LogP contribution is -2.57. The van der Waals surface area contributed by atoms with Crippen LogP contribution in [0.2, 0.25) is 0 Å². The molecule has 4 aromatic rings. The van der Waals surface area contributed by atoms with Crippen LogP contribution in [0.4, 0.5) is 8.78 Å². The first-order valence-electron chi connectivity index (χ1n) is 23.4. The number of hydrogen-bond acceptors (Lipinski definition) is 11. The molecule has 0 aromatic heterocycles. The third kappa shape index (κ3) is 11.6. The van der Waals surface area contributed by atoms with Gasteiger partial charge in [-0.2, -0.15) is 0 Å². The van der Waals surface area contributed by atoms with Gasteiger partial charge in [0.25, 0.3) is 0 Å². The molecule has 0 aliphatic carbocycles. The van der Waals surface area contributed by atoms with Crippen molar-refractivity contribution in [3.8, 4) is 11.5 Å². The normalized spacial score (nSPS) is 21.8. The molecule has 0 radical (unpaired) electrons. The number of carbonyl (C=O) groups excluding carboxylic acids is 3. The van der Waals surface area contributed by atoms with Crippen molar-refractivity contribution in [1.82, 2.24) is 19.6 Å². The minimum absolute atomic E-state index is 0.0463. The molecule has 2 saturated heterocycles. The zero-order valence-electron chi connectivity index (χ0n) is 39.2. The maximum Gasteiger partial charge on any atom is 0.167 e. The van der Waals surface area contributed by atoms with Gasteiger partial charge in [0.05, 0.1) is 13.2 Å². The van der Waals surface area contributed by atoms with Crippen molar-refractivity contribution < 1.29 is 43.6 Å². The average Bonchev–Trinajstić information content (AvgIpc) is 3.29. The van der Waals surface area contributed by atoms with Crippen LogP contribution < -0.4 is 0 Å². The van der Waals surface area contributed by atoms with E-state index in [-0.39, 0.29) is 91.5 Å². The van der Waals surface area contributed by atoms with Crippen LogP contribution in [0.3, 0.4) is 0 Å². The SMILES string of the molecule is Cc1c(F)cccc1C1C(C(=O)c2cccc(O)c2)CN(CCN(CCO)C(C)C)CC1C(=O)[C@H]1CN(CCN(CCO)C(C)C)C[C@H](C(=O)c2cccc(O)c2)[C@@H]1c1cccc(F)c1C. The van der Waals surface area contributed by atoms with Gasteiger partial charge in [-0.25, -0.2) is 8.78 Å². The van der Waals surface area contributed by atoms with E-state index in [1.807, 2.05) is 27.7 Å². The van der Waals surface area contributed by atoms with Gasteiger partial charge < -0.3 is 30.2 Å². The van der Waals surface area contributed by atoms with Gasteiger partial charge in [-0.3, -0.25) is 24.2 Å². The van der Waals surface area contributed by atoms with Crippen LogP contribution in [-0.4, -0.2) is 148 Å². The van der Waals surface area contributed by atoms with Crippen LogP contribution >= 0.6 is 0 Å². The number of carbonyl (C=O) groups is 3. The molecule has 13 heteroatoms. The Bertz CT molecular complexity index is 2150. The van der Waals surface area contributed by atoms with Crippen molar-refractivity contribution >= 4 is 17.3 Å². The maximum absolute atomic E-state index is 16.4. The lowest BCUT2D eigenvalue weighted by atomic mass is 9.62. The first kappa shape index (κ1) is 50.5. The van der Waals surface area contributed by atoms with Gasteiger partial charge in [0, 0.05) is 124 Å². The molecule has 0 amide bonds. The summed E-state index contributed by atoms with van der Waals surface area (Å²) in [6, 6.07) is 21.9. The third-order valence-corrected chi connectivity index (χ3v) is 14.2. The topological polar surface area (TPSA) is 145 Å². The molecular weight excluding hydrogens is 843 g/mol. The number of phenolic OH excluding ortho intramolecular Hbond substituents is 2. The van der Waals surface area contributed by atoms with E-state index in [0.29, 0.717) is 61.5 Å². The summed E-state index contributed by atoms with van der Waals surface area (Å²) < 4.78 is 31.6. The summed E-state index contributed by atoms with van der Waals surface area (Å²) in [6.45, 7) is 15.0. The predicted octanol–water partition coefficient (Wildman–Crippen LogP) is 6.70. The van der Waals surface area contributed by atoms with Crippen LogP contribution in [0.15, 0.2) is 84.9 Å². The molecule has 4 N–H and O–H groups in total. The molecule has 6 atom stereocenters. The number of ketones is 3. The summed E-state index contributed by atoms with van der Waals surface area (Å²) in [5.74, 6) is -7.26. The molecule has 0 spiro atoms. The van der Waals surface area contributed by atoms with Crippen LogP contribution in [0.25, 0.3) is 0 Å². The second-order valence-electron chi connectivity index (χ2n) is 18.8. The smallest absolute Gasteiger partial charge is 0.167 e. The van der Waals surface area contributed by atoms with Gasteiger partial charge in [-0.1, -0.05) is 48.5 Å². The van der Waals surface area contributed by atoms with Crippen LogP contribution in [0, 0.1) is 49.2 Å². The Kier molecular flexibility index (Phi) is 17.4. The van der Waals surface area contributed by atoms with Gasteiger partial charge in [-0.05, 0) is 100 Å². The van der Waals surface area contributed by atoms with Crippen molar-refractivity contribution in [1.29, 1.82) is 0 Å². The largest absolute Gasteiger partial charge is 0.508 e. The van der Waals surface area contributed by atoms with Gasteiger partial charge in [0.2, 0.25) is 0 Å². The van der Waals surface area contributed by atoms with Gasteiger partial charge >= 0.3 is 0 Å². The van der Waals surface area contributed by atoms with Crippen molar-refractivity contribution in [3.05, 3.63) is 130 Å². The molecule has 6 rings (SSSR count). The number of phenols is 2. The number of nitrogens with zero attached hydrogens (tertiary/aromatic N) is 4. The van der Waals surface area contributed by atoms with E-state index in [0.717, 1.165) is 0 Å². The zero-order chi connectivity index (χ0) is 47.8. The fourth-order valence-electron chi connectivity index (χ4n) is 10.6. The molecule has 2 aliphatic heterocycles. The molecule has 356 valence electrons. The molecule has 2 heterocycles. The number of hydrogen-bond donors (Lipinski definition) is 4. The van der Waals surface area contributed by atoms with E-state index < -0.39 is 47.1 Å². The van der Waals surface area contributed by atoms with Gasteiger partial charge in [0.15, 0.2) is 11.6 Å². The number of aliphatic hydroxyl groups excluding tert-OH is 2. The number of Topliss-reactive ketones (excluding diaryl/α,β-unsaturated/α-hetero) is 3. The monoisotopic (exact) mass is 911 g/mol. The van der Waals surface area contributed by atoms with E-state index >= 15 is 23.2 Å². The quantitative estimate of drug-likeness (QED) is 0.0704. The number of benzene rings is 4. The molecule has 0 saturated carbocycles. The number of likely N-dealkylation sites (tertiary alicyclic amines) is 2. The molecule has 2 aliphatic rings. The standard InChI is InChI=1S/C53H68F2N4O7/c1-33(2)58(23-25-60)21-19-56-29-43(51(64)37-11-7-13-39(62)27-37)49(41-15-9-17-47(54)35(41)5)45(31-56)53(66)46-32-57(20-22-59(24-26-61)34(3)4)30-44(52(65)38-12-8-14-40(63)28-38)50(46)42-16-10-18-48(55)36(42)6/h7-18,27-28,33-34,43-46,49-50,60-63H,19-26,29-32H2,1-6H3/t43-,44?,45-,46?,49-,50?/m0/s1. The van der Waals surface area contributed by atoms with Crippen molar-refractivity contribution in [3.63, 3.8) is 0 Å². The summed E-state index contributed by atoms with van der Waals surface area (Å²) in [4.78, 5) is 54.9. The minimum Gasteiger partial charge on any atom is -0.508 e. The summed E-state index contributed by atoms with van der Waals surface area (Å²) in [5, 5.41) is 41.0. The Morgan fingerprint density at radius 2 is 0.939 bits per heavy atom. The van der Waals surface area contributed by atoms with E-state index in [4.69, 9.17) is 0 Å². The highest BCUT2D eigenvalue weighted by molar-refractivity contribution is 6.01. The second-order valence-corrected chi connectivity index (χ2v) is 18.8. The van der Waals surface area contributed by atoms with Crippen LogP contribution in [0.1, 0.15) is 82.5 Å². The highest BCUT2D eigenvalue weighted by Gasteiger charge is 2.52. The molecule has 0 bridgehead atoms. The van der Waals surface area contributed by atoms with Crippen LogP contribution in [0.5, 0.6) is 11.5 Å². The summed E-state index contributed by atoms with van der Waals surface area (Å²) in [5.41, 5.74) is 2.17. The Hall–Kier alpha value is -4.89. The average molecular weight is 911 g/mol. The summed E-state index contributed by atoms with van der Waals surface area (Å²) >= 11 is 0. The first-order valence-corrected chi connectivity index (χ1v) is 23.4. The van der Waals surface area contributed by atoms with E-state index in [9.17, 15) is 20.4 Å². The summed E-state index contributed by atoms with van der Waals surface area (Å²) in [7, 11) is 0. The lowest BCUT2D eigenvalue weighted by Gasteiger charge is -2.48. The number of aliphatic hydroxyl groups is 2. The van der Waals surface area contributed by atoms with E-state index in [1.165, 1.54) is 36.4 Å². The maximum atomic E-state index is 16.4. The van der Waals surface area contributed by atoms with Gasteiger partial charge in [-0.15, -0.1) is 0 Å². The highest BCUT2D eigenvalue weighted by atomic mass is 19.1. The predicted molar refractivity (Wildman–Crippen MR) is 252 cm³/mol. The Morgan fingerprint density at radius 1 is 0.576 bits per heavy atom. The van der Waals surface area contributed by atoms with Crippen molar-refractivity contribution in [2.75, 3.05) is 78.7 Å². The Balaban J connectivity index is 1.55. The fourth-order valence-corrected chi connectivity index (χ4v) is 10.6. The third-order valence-electron chi connectivity index (χ3n) is 14.2. The molecule has 66 heavy (non-hydrogen) atoms. The Morgan fingerprint density at radius 3 is 1.29 bits per heavy atom. The number of piperidine rings is 2. The van der Waals surface area contributed by atoms with Crippen LogP contribution in [-0.2, 0) is 4.79 Å². The summed E-state index contributed by atoms with van der Waals surface area (Å²) in [6.07, 6.45) is 0. The first-order chi connectivity index (χ1) is 31.5. The molecular formula is C53H68F2N4O7. The lowest BCUT2D eigenvalue weighted by molar-refractivity contribution is -0.133.